The van der Waals surface area contributed by atoms with Crippen LogP contribution in [0.25, 0.3) is 11.8 Å². The van der Waals surface area contributed by atoms with E-state index in [2.05, 4.69) is 9.39 Å². The van der Waals surface area contributed by atoms with E-state index in [0.717, 1.165) is 11.9 Å². The summed E-state index contributed by atoms with van der Waals surface area (Å²) in [6.07, 6.45) is 5.11. The van der Waals surface area contributed by atoms with Crippen LogP contribution >= 0.6 is 23.7 Å². The first-order valence-electron chi connectivity index (χ1n) is 7.55. The van der Waals surface area contributed by atoms with E-state index in [4.69, 9.17) is 5.41 Å². The van der Waals surface area contributed by atoms with Gasteiger partial charge in [0.25, 0.3) is 5.91 Å². The Hall–Kier alpha value is -2.65. The van der Waals surface area contributed by atoms with Crippen LogP contribution in [0.4, 0.5) is 4.39 Å². The normalized spacial score (nSPS) is 18.2. The van der Waals surface area contributed by atoms with E-state index in [1.165, 1.54) is 17.8 Å². The molecule has 1 aromatic heterocycles. The zero-order valence-electron chi connectivity index (χ0n) is 13.5. The number of benzene rings is 1. The van der Waals surface area contributed by atoms with E-state index >= 15 is 0 Å². The summed E-state index contributed by atoms with van der Waals surface area (Å²) in [5, 5.41) is 9.40. The number of amidine groups is 3. The van der Waals surface area contributed by atoms with Crippen LogP contribution in [0.2, 0.25) is 0 Å². The second-order valence-corrected chi connectivity index (χ2v) is 6.87. The van der Waals surface area contributed by atoms with Gasteiger partial charge in [0.05, 0.1) is 23.2 Å². The molecule has 2 aliphatic rings. The SMILES string of the molecule is CSC1=NSC2=NC(=O)/C(=C\c3cccn3-c3ccccc3F)C(=N)N12. The highest BCUT2D eigenvalue weighted by Gasteiger charge is 2.37. The van der Waals surface area contributed by atoms with Gasteiger partial charge in [-0.3, -0.25) is 10.2 Å². The van der Waals surface area contributed by atoms with Crippen LogP contribution in [-0.4, -0.2) is 37.8 Å². The zero-order chi connectivity index (χ0) is 18.3. The topological polar surface area (TPSA) is 73.8 Å². The molecule has 130 valence electrons. The molecule has 1 N–H and O–H groups in total. The Labute approximate surface area is 157 Å². The average Bonchev–Trinajstić information content (AvgIpc) is 3.25. The van der Waals surface area contributed by atoms with Crippen LogP contribution in [0.15, 0.2) is 57.6 Å². The molecule has 0 aliphatic carbocycles. The second kappa shape index (κ2) is 6.58. The minimum atomic E-state index is -0.507. The Kier molecular flexibility index (Phi) is 4.25. The predicted molar refractivity (Wildman–Crippen MR) is 104 cm³/mol. The summed E-state index contributed by atoms with van der Waals surface area (Å²) in [7, 11) is 0. The van der Waals surface area contributed by atoms with Crippen molar-refractivity contribution in [1.29, 1.82) is 5.41 Å². The molecular weight excluding hydrogens is 373 g/mol. The molecule has 9 heteroatoms. The fourth-order valence-corrected chi connectivity index (χ4v) is 4.11. The van der Waals surface area contributed by atoms with Crippen molar-refractivity contribution in [2.45, 2.75) is 0 Å². The van der Waals surface area contributed by atoms with Gasteiger partial charge in [-0.1, -0.05) is 23.9 Å². The molecule has 0 atom stereocenters. The highest BCUT2D eigenvalue weighted by atomic mass is 32.2. The second-order valence-electron chi connectivity index (χ2n) is 5.37. The van der Waals surface area contributed by atoms with Gasteiger partial charge < -0.3 is 4.57 Å². The van der Waals surface area contributed by atoms with Gasteiger partial charge in [-0.15, -0.1) is 0 Å². The number of halogens is 1. The summed E-state index contributed by atoms with van der Waals surface area (Å²) in [5.74, 6) is -0.867. The van der Waals surface area contributed by atoms with E-state index in [0.29, 0.717) is 21.7 Å². The van der Waals surface area contributed by atoms with Crippen LogP contribution in [0.5, 0.6) is 0 Å². The summed E-state index contributed by atoms with van der Waals surface area (Å²) in [6, 6.07) is 9.89. The molecule has 0 radical (unpaired) electrons. The van der Waals surface area contributed by atoms with Crippen molar-refractivity contribution in [3.05, 3.63) is 59.7 Å². The van der Waals surface area contributed by atoms with Crippen LogP contribution in [0, 0.1) is 11.2 Å². The fourth-order valence-electron chi connectivity index (χ4n) is 2.66. The number of carbonyl (C=O) groups excluding carboxylic acids is 1. The van der Waals surface area contributed by atoms with Gasteiger partial charge in [0.2, 0.25) is 5.17 Å². The van der Waals surface area contributed by atoms with Gasteiger partial charge in [0.1, 0.15) is 11.7 Å². The number of para-hydroxylation sites is 1. The Morgan fingerprint density at radius 1 is 1.27 bits per heavy atom. The molecular formula is C17H12FN5OS2. The minimum absolute atomic E-state index is 0.0133. The summed E-state index contributed by atoms with van der Waals surface area (Å²) >= 11 is 2.45. The van der Waals surface area contributed by atoms with E-state index in [-0.39, 0.29) is 17.2 Å². The quantitative estimate of drug-likeness (QED) is 0.634. The number of rotatable bonds is 2. The molecule has 0 unspecified atom stereocenters. The number of fused-ring (bicyclic) bond motifs is 1. The van der Waals surface area contributed by atoms with E-state index in [1.807, 2.05) is 6.26 Å². The molecule has 4 rings (SSSR count). The number of thioether (sulfide) groups is 1. The number of aromatic nitrogens is 1. The standard InChI is InChI=1S/C17H12FN5OS2/c1-25-17-21-26-16-20-15(24)11(14(19)23(16)17)9-10-5-4-8-22(10)13-7-3-2-6-12(13)18/h2-9,19H,1H3/b11-9-,19-14?. The average molecular weight is 385 g/mol. The maximum absolute atomic E-state index is 14.1. The number of nitrogens with zero attached hydrogens (tertiary/aromatic N) is 4. The fraction of sp³-hybridized carbons (Fsp3) is 0.0588. The van der Waals surface area contributed by atoms with Crippen LogP contribution < -0.4 is 0 Å². The lowest BCUT2D eigenvalue weighted by Crippen LogP contribution is -2.41. The molecule has 6 nitrogen and oxygen atoms in total. The maximum atomic E-state index is 14.1. The van der Waals surface area contributed by atoms with Crippen molar-refractivity contribution in [2.75, 3.05) is 6.26 Å². The largest absolute Gasteiger partial charge is 0.314 e. The minimum Gasteiger partial charge on any atom is -0.314 e. The highest BCUT2D eigenvalue weighted by Crippen LogP contribution is 2.31. The summed E-state index contributed by atoms with van der Waals surface area (Å²) < 4.78 is 20.0. The molecule has 0 fully saturated rings. The van der Waals surface area contributed by atoms with E-state index in [9.17, 15) is 9.18 Å². The van der Waals surface area contributed by atoms with E-state index < -0.39 is 5.91 Å². The number of nitrogens with one attached hydrogen (secondary N) is 1. The Morgan fingerprint density at radius 2 is 2.08 bits per heavy atom. The lowest BCUT2D eigenvalue weighted by molar-refractivity contribution is -0.114. The molecule has 0 saturated carbocycles. The van der Waals surface area contributed by atoms with Crippen molar-refractivity contribution in [2.24, 2.45) is 9.39 Å². The molecule has 2 aliphatic heterocycles. The first kappa shape index (κ1) is 16.8. The Morgan fingerprint density at radius 3 is 2.85 bits per heavy atom. The Bertz CT molecular complexity index is 1020. The predicted octanol–water partition coefficient (Wildman–Crippen LogP) is 3.56. The number of aliphatic imine (C=N–C) groups is 1. The molecule has 0 bridgehead atoms. The van der Waals surface area contributed by atoms with Crippen LogP contribution in [0.3, 0.4) is 0 Å². The van der Waals surface area contributed by atoms with Gasteiger partial charge in [-0.05, 0) is 36.6 Å². The third kappa shape index (κ3) is 2.69. The van der Waals surface area contributed by atoms with Crippen molar-refractivity contribution in [3.63, 3.8) is 0 Å². The maximum Gasteiger partial charge on any atom is 0.283 e. The summed E-state index contributed by atoms with van der Waals surface area (Å²) in [6.45, 7) is 0. The van der Waals surface area contributed by atoms with Crippen molar-refractivity contribution >= 4 is 51.9 Å². The van der Waals surface area contributed by atoms with Crippen LogP contribution in [0.1, 0.15) is 5.69 Å². The number of hydrogen-bond acceptors (Lipinski definition) is 5. The molecule has 1 aromatic carbocycles. The van der Waals surface area contributed by atoms with Gasteiger partial charge in [0, 0.05) is 11.9 Å². The Balaban J connectivity index is 1.78. The third-order valence-electron chi connectivity index (χ3n) is 3.86. The lowest BCUT2D eigenvalue weighted by atomic mass is 10.1. The van der Waals surface area contributed by atoms with Crippen molar-refractivity contribution in [3.8, 4) is 5.69 Å². The lowest BCUT2D eigenvalue weighted by Gasteiger charge is -2.23. The first-order chi connectivity index (χ1) is 12.6. The van der Waals surface area contributed by atoms with Gasteiger partial charge >= 0.3 is 0 Å². The van der Waals surface area contributed by atoms with Crippen LogP contribution in [-0.2, 0) is 4.79 Å². The monoisotopic (exact) mass is 385 g/mol. The van der Waals surface area contributed by atoms with Gasteiger partial charge in [-0.2, -0.15) is 9.39 Å². The molecule has 0 spiro atoms. The molecule has 1 amide bonds. The van der Waals surface area contributed by atoms with Crippen molar-refractivity contribution in [1.82, 2.24) is 9.47 Å². The van der Waals surface area contributed by atoms with Gasteiger partial charge in [-0.25, -0.2) is 9.29 Å². The molecule has 2 aromatic rings. The van der Waals surface area contributed by atoms with Gasteiger partial charge in [0.15, 0.2) is 5.17 Å². The highest BCUT2D eigenvalue weighted by molar-refractivity contribution is 8.18. The zero-order valence-corrected chi connectivity index (χ0v) is 15.1. The third-order valence-corrected chi connectivity index (χ3v) is 5.32. The number of hydrogen-bond donors (Lipinski definition) is 1. The molecule has 0 saturated heterocycles. The molecule has 26 heavy (non-hydrogen) atoms. The summed E-state index contributed by atoms with van der Waals surface area (Å²) in [4.78, 5) is 18.0. The summed E-state index contributed by atoms with van der Waals surface area (Å²) in [5.41, 5.74) is 1.08. The number of carbonyl (C=O) groups is 1. The number of amides is 1. The molecule has 3 heterocycles. The first-order valence-corrected chi connectivity index (χ1v) is 9.55. The smallest absolute Gasteiger partial charge is 0.283 e. The van der Waals surface area contributed by atoms with E-state index in [1.54, 1.807) is 52.1 Å². The van der Waals surface area contributed by atoms with Crippen molar-refractivity contribution < 1.29 is 9.18 Å².